The number of benzene rings is 1. The van der Waals surface area contributed by atoms with E-state index in [0.29, 0.717) is 0 Å². The Kier molecular flexibility index (Phi) is 3.17. The van der Waals surface area contributed by atoms with E-state index in [4.69, 9.17) is 0 Å². The van der Waals surface area contributed by atoms with Gasteiger partial charge in [-0.25, -0.2) is 4.98 Å². The summed E-state index contributed by atoms with van der Waals surface area (Å²) in [6.07, 6.45) is 7.25. The minimum Gasteiger partial charge on any atom is -0.300 e. The summed E-state index contributed by atoms with van der Waals surface area (Å²) in [5.74, 6) is 0.891. The van der Waals surface area contributed by atoms with Crippen molar-refractivity contribution >= 4 is 17.0 Å². The van der Waals surface area contributed by atoms with Gasteiger partial charge < -0.3 is 0 Å². The summed E-state index contributed by atoms with van der Waals surface area (Å²) >= 11 is 0. The van der Waals surface area contributed by atoms with Gasteiger partial charge in [-0.1, -0.05) is 30.8 Å². The quantitative estimate of drug-likeness (QED) is 0.658. The lowest BCUT2D eigenvalue weighted by molar-refractivity contribution is 1.00. The molecular weight excluding hydrogens is 246 g/mol. The Bertz CT molecular complexity index is 797. The van der Waals surface area contributed by atoms with Crippen LogP contribution in [0.25, 0.3) is 16.6 Å². The molecule has 0 aliphatic carbocycles. The van der Waals surface area contributed by atoms with Gasteiger partial charge in [0.15, 0.2) is 0 Å². The first-order chi connectivity index (χ1) is 9.79. The number of aliphatic imine (C=N–C) groups is 1. The van der Waals surface area contributed by atoms with Gasteiger partial charge in [-0.15, -0.1) is 0 Å². The number of hydrogen-bond acceptors (Lipinski definition) is 2. The van der Waals surface area contributed by atoms with E-state index in [0.717, 1.165) is 22.5 Å². The van der Waals surface area contributed by atoms with E-state index in [9.17, 15) is 0 Å². The van der Waals surface area contributed by atoms with Crippen molar-refractivity contribution in [1.82, 2.24) is 9.55 Å². The van der Waals surface area contributed by atoms with Crippen LogP contribution in [0.15, 0.2) is 66.6 Å². The number of aromatic nitrogens is 2. The molecule has 0 spiro atoms. The Morgan fingerprint density at radius 3 is 2.80 bits per heavy atom. The molecule has 0 unspecified atom stereocenters. The van der Waals surface area contributed by atoms with Crippen molar-refractivity contribution in [2.75, 3.05) is 0 Å². The van der Waals surface area contributed by atoms with Gasteiger partial charge >= 0.3 is 0 Å². The molecule has 3 heteroatoms. The summed E-state index contributed by atoms with van der Waals surface area (Å²) in [4.78, 5) is 8.65. The highest BCUT2D eigenvalue weighted by molar-refractivity contribution is 5.84. The van der Waals surface area contributed by atoms with Crippen LogP contribution in [-0.2, 0) is 0 Å². The van der Waals surface area contributed by atoms with Crippen molar-refractivity contribution in [3.05, 3.63) is 72.8 Å². The molecule has 0 saturated carbocycles. The van der Waals surface area contributed by atoms with Gasteiger partial charge in [0, 0.05) is 24.0 Å². The first-order valence-corrected chi connectivity index (χ1v) is 6.47. The second-order valence-corrected chi connectivity index (χ2v) is 4.60. The molecule has 2 aromatic heterocycles. The van der Waals surface area contributed by atoms with E-state index < -0.39 is 0 Å². The zero-order chi connectivity index (χ0) is 13.9. The van der Waals surface area contributed by atoms with Gasteiger partial charge in [0.1, 0.15) is 5.82 Å². The largest absolute Gasteiger partial charge is 0.300 e. The van der Waals surface area contributed by atoms with E-state index in [1.165, 1.54) is 11.6 Å². The molecule has 2 heterocycles. The molecule has 3 rings (SSSR count). The standard InChI is InChI=1S/C17H15N3/c1-3-18-12-16-13(2)8-9-20(16)17-10-14-6-4-5-7-15(14)11-19-17/h3-12H,1H2,2H3. The molecule has 3 nitrogen and oxygen atoms in total. The number of aryl methyl sites for hydroxylation is 1. The van der Waals surface area contributed by atoms with Crippen LogP contribution in [0.4, 0.5) is 0 Å². The molecular formula is C17H15N3. The molecule has 0 amide bonds. The molecule has 0 radical (unpaired) electrons. The summed E-state index contributed by atoms with van der Waals surface area (Å²) in [6, 6.07) is 12.3. The van der Waals surface area contributed by atoms with Gasteiger partial charge in [-0.05, 0) is 30.0 Å². The third kappa shape index (κ3) is 2.14. The Balaban J connectivity index is 2.15. The lowest BCUT2D eigenvalue weighted by Gasteiger charge is -2.07. The number of nitrogens with zero attached hydrogens (tertiary/aromatic N) is 3. The van der Waals surface area contributed by atoms with E-state index in [2.05, 4.69) is 47.7 Å². The van der Waals surface area contributed by atoms with E-state index in [1.54, 1.807) is 6.21 Å². The number of fused-ring (bicyclic) bond motifs is 1. The van der Waals surface area contributed by atoms with Crippen LogP contribution in [0.1, 0.15) is 11.3 Å². The lowest BCUT2D eigenvalue weighted by Crippen LogP contribution is -2.01. The van der Waals surface area contributed by atoms with Gasteiger partial charge in [0.2, 0.25) is 0 Å². The fourth-order valence-electron chi connectivity index (χ4n) is 2.23. The zero-order valence-corrected chi connectivity index (χ0v) is 11.3. The van der Waals surface area contributed by atoms with Crippen LogP contribution in [0.3, 0.4) is 0 Å². The van der Waals surface area contributed by atoms with Gasteiger partial charge in [0.25, 0.3) is 0 Å². The third-order valence-electron chi connectivity index (χ3n) is 3.30. The van der Waals surface area contributed by atoms with Crippen molar-refractivity contribution < 1.29 is 0 Å². The van der Waals surface area contributed by atoms with Gasteiger partial charge in [-0.3, -0.25) is 9.56 Å². The van der Waals surface area contributed by atoms with Crippen molar-refractivity contribution in [2.24, 2.45) is 4.99 Å². The molecule has 20 heavy (non-hydrogen) atoms. The summed E-state index contributed by atoms with van der Waals surface area (Å²) in [7, 11) is 0. The van der Waals surface area contributed by atoms with Crippen molar-refractivity contribution in [1.29, 1.82) is 0 Å². The second kappa shape index (κ2) is 5.13. The molecule has 0 saturated heterocycles. The van der Waals surface area contributed by atoms with Crippen LogP contribution >= 0.6 is 0 Å². The summed E-state index contributed by atoms with van der Waals surface area (Å²) in [6.45, 7) is 5.67. The normalized spacial score (nSPS) is 11.2. The summed E-state index contributed by atoms with van der Waals surface area (Å²) < 4.78 is 2.04. The SMILES string of the molecule is C=CN=Cc1c(C)ccn1-c1cc2ccccc2cn1. The fourth-order valence-corrected chi connectivity index (χ4v) is 2.23. The Hall–Kier alpha value is -2.68. The average Bonchev–Trinajstić information content (AvgIpc) is 2.85. The van der Waals surface area contributed by atoms with Crippen LogP contribution in [0.2, 0.25) is 0 Å². The molecule has 0 aliphatic rings. The van der Waals surface area contributed by atoms with Gasteiger partial charge in [-0.2, -0.15) is 0 Å². The first kappa shape index (κ1) is 12.4. The maximum Gasteiger partial charge on any atom is 0.137 e. The number of rotatable bonds is 3. The highest BCUT2D eigenvalue weighted by atomic mass is 15.1. The van der Waals surface area contributed by atoms with Crippen LogP contribution in [0, 0.1) is 6.92 Å². The molecule has 0 aliphatic heterocycles. The maximum absolute atomic E-state index is 4.53. The molecule has 1 aromatic carbocycles. The number of pyridine rings is 1. The molecule has 0 fully saturated rings. The van der Waals surface area contributed by atoms with Crippen LogP contribution in [-0.4, -0.2) is 15.8 Å². The predicted octanol–water partition coefficient (Wildman–Crippen LogP) is 3.90. The summed E-state index contributed by atoms with van der Waals surface area (Å²) in [5.41, 5.74) is 2.18. The molecule has 98 valence electrons. The first-order valence-electron chi connectivity index (χ1n) is 6.47. The Morgan fingerprint density at radius 2 is 2.00 bits per heavy atom. The minimum absolute atomic E-state index is 0.891. The summed E-state index contributed by atoms with van der Waals surface area (Å²) in [5, 5.41) is 2.32. The van der Waals surface area contributed by atoms with Crippen LogP contribution < -0.4 is 0 Å². The Morgan fingerprint density at radius 1 is 1.20 bits per heavy atom. The Labute approximate surface area is 117 Å². The highest BCUT2D eigenvalue weighted by Crippen LogP contribution is 2.18. The number of hydrogen-bond donors (Lipinski definition) is 0. The van der Waals surface area contributed by atoms with Crippen molar-refractivity contribution in [3.63, 3.8) is 0 Å². The van der Waals surface area contributed by atoms with Crippen LogP contribution in [0.5, 0.6) is 0 Å². The topological polar surface area (TPSA) is 30.2 Å². The molecule has 0 atom stereocenters. The van der Waals surface area contributed by atoms with E-state index >= 15 is 0 Å². The maximum atomic E-state index is 4.53. The highest BCUT2D eigenvalue weighted by Gasteiger charge is 2.07. The van der Waals surface area contributed by atoms with Crippen molar-refractivity contribution in [3.8, 4) is 5.82 Å². The van der Waals surface area contributed by atoms with Gasteiger partial charge in [0.05, 0.1) is 11.9 Å². The average molecular weight is 261 g/mol. The van der Waals surface area contributed by atoms with Crippen molar-refractivity contribution in [2.45, 2.75) is 6.92 Å². The third-order valence-corrected chi connectivity index (χ3v) is 3.30. The predicted molar refractivity (Wildman–Crippen MR) is 83.6 cm³/mol. The zero-order valence-electron chi connectivity index (χ0n) is 11.3. The lowest BCUT2D eigenvalue weighted by atomic mass is 10.2. The minimum atomic E-state index is 0.891. The smallest absolute Gasteiger partial charge is 0.137 e. The van der Waals surface area contributed by atoms with E-state index in [-0.39, 0.29) is 0 Å². The van der Waals surface area contributed by atoms with E-state index in [1.807, 2.05) is 29.1 Å². The fraction of sp³-hybridized carbons (Fsp3) is 0.0588. The second-order valence-electron chi connectivity index (χ2n) is 4.60. The monoisotopic (exact) mass is 261 g/mol. The molecule has 0 bridgehead atoms. The molecule has 3 aromatic rings. The molecule has 0 N–H and O–H groups in total.